The smallest absolute Gasteiger partial charge is 0.293 e. The Morgan fingerprint density at radius 3 is 2.05 bits per heavy atom. The van der Waals surface area contributed by atoms with Gasteiger partial charge in [-0.1, -0.05) is 26.0 Å². The monoisotopic (exact) mass is 283 g/mol. The molecule has 21 heavy (non-hydrogen) atoms. The van der Waals surface area contributed by atoms with E-state index in [1.807, 2.05) is 48.1 Å². The summed E-state index contributed by atoms with van der Waals surface area (Å²) in [6, 6.07) is 11.9. The van der Waals surface area contributed by atoms with Gasteiger partial charge in [-0.25, -0.2) is 0 Å². The predicted octanol–water partition coefficient (Wildman–Crippen LogP) is 3.30. The highest BCUT2D eigenvalue weighted by atomic mass is 16.2. The lowest BCUT2D eigenvalue weighted by atomic mass is 10.1. The molecule has 2 rings (SSSR count). The molecule has 0 aliphatic carbocycles. The van der Waals surface area contributed by atoms with Gasteiger partial charge in [0.2, 0.25) is 6.04 Å². The molecule has 110 valence electrons. The Morgan fingerprint density at radius 2 is 1.52 bits per heavy atom. The van der Waals surface area contributed by atoms with Gasteiger partial charge in [0.1, 0.15) is 0 Å². The Hall–Kier alpha value is -2.16. The number of carbonyl (C=O) groups is 1. The number of pyridine rings is 1. The quantitative estimate of drug-likeness (QED) is 0.839. The van der Waals surface area contributed by atoms with Crippen LogP contribution < -0.4 is 9.88 Å². The number of anilines is 1. The minimum absolute atomic E-state index is 0.00602. The summed E-state index contributed by atoms with van der Waals surface area (Å²) in [6.07, 6.45) is 5.93. The lowest BCUT2D eigenvalue weighted by Gasteiger charge is -2.09. The molecule has 2 aromatic rings. The largest absolute Gasteiger partial charge is 0.320 e. The summed E-state index contributed by atoms with van der Waals surface area (Å²) in [4.78, 5) is 12.3. The van der Waals surface area contributed by atoms with E-state index in [-0.39, 0.29) is 11.9 Å². The summed E-state index contributed by atoms with van der Waals surface area (Å²) in [5, 5.41) is 2.96. The van der Waals surface area contributed by atoms with Crippen molar-refractivity contribution in [1.29, 1.82) is 0 Å². The third-order valence-corrected chi connectivity index (χ3v) is 3.79. The van der Waals surface area contributed by atoms with E-state index in [1.165, 1.54) is 11.1 Å². The SMILES string of the molecule is CCc1ccc(NC(=O)[C@H](C)[n+]2ccc(CC)cc2)cc1. The molecule has 0 radical (unpaired) electrons. The van der Waals surface area contributed by atoms with Crippen LogP contribution in [0.5, 0.6) is 0 Å². The summed E-state index contributed by atoms with van der Waals surface area (Å²) in [5.41, 5.74) is 3.38. The molecule has 1 amide bonds. The van der Waals surface area contributed by atoms with Crippen molar-refractivity contribution in [2.24, 2.45) is 0 Å². The van der Waals surface area contributed by atoms with Gasteiger partial charge in [0, 0.05) is 24.7 Å². The molecule has 0 aliphatic heterocycles. The van der Waals surface area contributed by atoms with Gasteiger partial charge >= 0.3 is 0 Å². The average molecular weight is 283 g/mol. The van der Waals surface area contributed by atoms with Crippen LogP contribution in [0.4, 0.5) is 5.69 Å². The van der Waals surface area contributed by atoms with Crippen molar-refractivity contribution >= 4 is 11.6 Å². The summed E-state index contributed by atoms with van der Waals surface area (Å²) in [6.45, 7) is 6.14. The van der Waals surface area contributed by atoms with Gasteiger partial charge in [-0.05, 0) is 36.1 Å². The molecule has 0 saturated carbocycles. The minimum Gasteiger partial charge on any atom is -0.320 e. The highest BCUT2D eigenvalue weighted by molar-refractivity contribution is 5.92. The van der Waals surface area contributed by atoms with Crippen molar-refractivity contribution in [1.82, 2.24) is 0 Å². The van der Waals surface area contributed by atoms with Gasteiger partial charge < -0.3 is 5.32 Å². The molecule has 1 aromatic carbocycles. The van der Waals surface area contributed by atoms with E-state index in [2.05, 4.69) is 31.3 Å². The fourth-order valence-corrected chi connectivity index (χ4v) is 2.17. The van der Waals surface area contributed by atoms with E-state index in [1.54, 1.807) is 0 Å². The molecule has 1 heterocycles. The number of hydrogen-bond donors (Lipinski definition) is 1. The second-order valence-corrected chi connectivity index (χ2v) is 5.22. The topological polar surface area (TPSA) is 33.0 Å². The molecule has 3 nitrogen and oxygen atoms in total. The molecule has 0 bridgehead atoms. The maximum Gasteiger partial charge on any atom is 0.293 e. The summed E-state index contributed by atoms with van der Waals surface area (Å²) in [5.74, 6) is -0.00602. The zero-order valence-electron chi connectivity index (χ0n) is 13.0. The van der Waals surface area contributed by atoms with Crippen molar-refractivity contribution in [3.8, 4) is 0 Å². The number of carbonyl (C=O) groups excluding carboxylic acids is 1. The standard InChI is InChI=1S/C18H22N2O/c1-4-15-6-8-17(9-7-15)19-18(21)14(3)20-12-10-16(5-2)11-13-20/h6-14H,4-5H2,1-3H3/p+1/t14-/m0/s1. The Bertz CT molecular complexity index is 588. The highest BCUT2D eigenvalue weighted by Gasteiger charge is 2.21. The first-order valence-corrected chi connectivity index (χ1v) is 7.53. The van der Waals surface area contributed by atoms with Crippen molar-refractivity contribution in [3.05, 3.63) is 59.9 Å². The van der Waals surface area contributed by atoms with Gasteiger partial charge in [0.05, 0.1) is 0 Å². The Balaban J connectivity index is 2.03. The number of nitrogens with one attached hydrogen (secondary N) is 1. The maximum absolute atomic E-state index is 12.3. The molecule has 1 N–H and O–H groups in total. The molecule has 0 fully saturated rings. The third-order valence-electron chi connectivity index (χ3n) is 3.79. The van der Waals surface area contributed by atoms with Crippen LogP contribution in [0.1, 0.15) is 37.9 Å². The van der Waals surface area contributed by atoms with E-state index in [9.17, 15) is 4.79 Å². The van der Waals surface area contributed by atoms with Crippen LogP contribution in [0.3, 0.4) is 0 Å². The van der Waals surface area contributed by atoms with Crippen LogP contribution >= 0.6 is 0 Å². The molecule has 1 aromatic heterocycles. The van der Waals surface area contributed by atoms with Crippen molar-refractivity contribution < 1.29 is 9.36 Å². The molecule has 3 heteroatoms. The lowest BCUT2D eigenvalue weighted by Crippen LogP contribution is -2.44. The number of benzene rings is 1. The second-order valence-electron chi connectivity index (χ2n) is 5.22. The van der Waals surface area contributed by atoms with Crippen LogP contribution in [0.25, 0.3) is 0 Å². The molecular weight excluding hydrogens is 260 g/mol. The normalized spacial score (nSPS) is 12.0. The van der Waals surface area contributed by atoms with Crippen LogP contribution in [-0.4, -0.2) is 5.91 Å². The van der Waals surface area contributed by atoms with Crippen molar-refractivity contribution in [2.45, 2.75) is 39.7 Å². The van der Waals surface area contributed by atoms with Crippen molar-refractivity contribution in [3.63, 3.8) is 0 Å². The number of amides is 1. The Labute approximate surface area is 126 Å². The van der Waals surface area contributed by atoms with Gasteiger partial charge in [0.25, 0.3) is 5.91 Å². The first-order chi connectivity index (χ1) is 10.1. The highest BCUT2D eigenvalue weighted by Crippen LogP contribution is 2.11. The second kappa shape index (κ2) is 7.02. The van der Waals surface area contributed by atoms with Crippen LogP contribution in [0.2, 0.25) is 0 Å². The average Bonchev–Trinajstić information content (AvgIpc) is 2.55. The van der Waals surface area contributed by atoms with Gasteiger partial charge in [0.15, 0.2) is 12.4 Å². The van der Waals surface area contributed by atoms with Gasteiger partial charge in [-0.3, -0.25) is 4.79 Å². The van der Waals surface area contributed by atoms with E-state index < -0.39 is 0 Å². The lowest BCUT2D eigenvalue weighted by molar-refractivity contribution is -0.705. The number of nitrogens with zero attached hydrogens (tertiary/aromatic N) is 1. The molecule has 0 unspecified atom stereocenters. The van der Waals surface area contributed by atoms with Crippen LogP contribution in [-0.2, 0) is 17.6 Å². The number of aromatic nitrogens is 1. The van der Waals surface area contributed by atoms with Crippen LogP contribution in [0, 0.1) is 0 Å². The molecule has 0 aliphatic rings. The van der Waals surface area contributed by atoms with Gasteiger partial charge in [-0.2, -0.15) is 4.57 Å². The summed E-state index contributed by atoms with van der Waals surface area (Å²) >= 11 is 0. The maximum atomic E-state index is 12.3. The Kier molecular flexibility index (Phi) is 5.09. The van der Waals surface area contributed by atoms with Crippen LogP contribution in [0.15, 0.2) is 48.8 Å². The zero-order valence-corrected chi connectivity index (χ0v) is 13.0. The first kappa shape index (κ1) is 15.2. The van der Waals surface area contributed by atoms with E-state index >= 15 is 0 Å². The number of aryl methyl sites for hydroxylation is 2. The van der Waals surface area contributed by atoms with E-state index in [4.69, 9.17) is 0 Å². The zero-order chi connectivity index (χ0) is 15.2. The summed E-state index contributed by atoms with van der Waals surface area (Å²) in [7, 11) is 0. The summed E-state index contributed by atoms with van der Waals surface area (Å²) < 4.78 is 1.93. The number of hydrogen-bond acceptors (Lipinski definition) is 1. The van der Waals surface area contributed by atoms with Crippen molar-refractivity contribution in [2.75, 3.05) is 5.32 Å². The molecular formula is C18H23N2O+. The first-order valence-electron chi connectivity index (χ1n) is 7.53. The van der Waals surface area contributed by atoms with Gasteiger partial charge in [-0.15, -0.1) is 0 Å². The predicted molar refractivity (Wildman–Crippen MR) is 85.2 cm³/mol. The molecule has 1 atom stereocenters. The third kappa shape index (κ3) is 3.91. The molecule has 0 saturated heterocycles. The van der Waals surface area contributed by atoms with E-state index in [0.717, 1.165) is 18.5 Å². The minimum atomic E-state index is -0.234. The number of rotatable bonds is 5. The fraction of sp³-hybridized carbons (Fsp3) is 0.333. The fourth-order valence-electron chi connectivity index (χ4n) is 2.17. The molecule has 0 spiro atoms. The Morgan fingerprint density at radius 1 is 1.00 bits per heavy atom. The van der Waals surface area contributed by atoms with E-state index in [0.29, 0.717) is 0 Å².